The average molecular weight is 385 g/mol. The molecule has 0 radical (unpaired) electrons. The predicted octanol–water partition coefficient (Wildman–Crippen LogP) is 3.94. The van der Waals surface area contributed by atoms with Crippen LogP contribution in [0.2, 0.25) is 0 Å². The van der Waals surface area contributed by atoms with Crippen molar-refractivity contribution in [2.75, 3.05) is 23.3 Å². The van der Waals surface area contributed by atoms with Crippen LogP contribution in [-0.2, 0) is 6.54 Å². The molecular weight excluding hydrogens is 362 g/mol. The number of aromatic amines is 1. The van der Waals surface area contributed by atoms with Gasteiger partial charge in [-0.1, -0.05) is 6.07 Å². The zero-order valence-electron chi connectivity index (χ0n) is 16.4. The van der Waals surface area contributed by atoms with E-state index in [0.29, 0.717) is 6.54 Å². The maximum absolute atomic E-state index is 4.91. The monoisotopic (exact) mass is 385 g/mol. The molecule has 1 aliphatic heterocycles. The molecule has 146 valence electrons. The van der Waals surface area contributed by atoms with Crippen molar-refractivity contribution in [3.63, 3.8) is 0 Å². The van der Waals surface area contributed by atoms with Crippen LogP contribution in [0.3, 0.4) is 0 Å². The van der Waals surface area contributed by atoms with Crippen LogP contribution in [-0.4, -0.2) is 38.0 Å². The van der Waals surface area contributed by atoms with Gasteiger partial charge in [-0.15, -0.1) is 0 Å². The second-order valence-corrected chi connectivity index (χ2v) is 7.40. The summed E-state index contributed by atoms with van der Waals surface area (Å²) in [6.45, 7) is 4.74. The first-order valence-corrected chi connectivity index (χ1v) is 9.98. The number of hydrogen-bond acceptors (Lipinski definition) is 6. The largest absolute Gasteiger partial charge is 0.366 e. The predicted molar refractivity (Wildman–Crippen MR) is 115 cm³/mol. The third kappa shape index (κ3) is 3.63. The van der Waals surface area contributed by atoms with Gasteiger partial charge in [-0.05, 0) is 49.6 Å². The van der Waals surface area contributed by atoms with E-state index in [2.05, 4.69) is 37.3 Å². The minimum atomic E-state index is 0.661. The molecule has 0 spiro atoms. The van der Waals surface area contributed by atoms with Gasteiger partial charge < -0.3 is 15.2 Å². The van der Waals surface area contributed by atoms with Gasteiger partial charge in [-0.3, -0.25) is 4.98 Å². The molecule has 0 unspecified atom stereocenters. The number of hydrogen-bond donors (Lipinski definition) is 2. The summed E-state index contributed by atoms with van der Waals surface area (Å²) >= 11 is 0. The highest BCUT2D eigenvalue weighted by Gasteiger charge is 2.18. The quantitative estimate of drug-likeness (QED) is 0.542. The van der Waals surface area contributed by atoms with Crippen LogP contribution in [0.1, 0.15) is 24.1 Å². The third-order valence-corrected chi connectivity index (χ3v) is 5.23. The summed E-state index contributed by atoms with van der Waals surface area (Å²) < 4.78 is 0. The molecule has 0 atom stereocenters. The smallest absolute Gasteiger partial charge is 0.226 e. The molecule has 5 rings (SSSR count). The molecule has 0 aliphatic carbocycles. The molecule has 1 fully saturated rings. The summed E-state index contributed by atoms with van der Waals surface area (Å²) in [6, 6.07) is 10.2. The molecule has 7 nitrogen and oxygen atoms in total. The number of aromatic nitrogens is 5. The van der Waals surface area contributed by atoms with Crippen molar-refractivity contribution in [2.45, 2.75) is 26.3 Å². The molecule has 0 amide bonds. The van der Waals surface area contributed by atoms with Crippen molar-refractivity contribution in [2.24, 2.45) is 0 Å². The Morgan fingerprint density at radius 1 is 1.10 bits per heavy atom. The zero-order chi connectivity index (χ0) is 19.6. The summed E-state index contributed by atoms with van der Waals surface area (Å²) in [7, 11) is 0. The van der Waals surface area contributed by atoms with E-state index in [1.54, 1.807) is 6.20 Å². The van der Waals surface area contributed by atoms with Gasteiger partial charge in [0.1, 0.15) is 11.5 Å². The van der Waals surface area contributed by atoms with E-state index in [1.807, 2.05) is 37.5 Å². The van der Waals surface area contributed by atoms with Crippen LogP contribution in [0, 0.1) is 6.92 Å². The molecule has 1 aliphatic rings. The Balaban J connectivity index is 1.53. The Bertz CT molecular complexity index is 1130. The van der Waals surface area contributed by atoms with Crippen molar-refractivity contribution in [1.82, 2.24) is 24.9 Å². The van der Waals surface area contributed by atoms with Crippen molar-refractivity contribution in [1.29, 1.82) is 0 Å². The first-order chi connectivity index (χ1) is 14.3. The second kappa shape index (κ2) is 7.50. The number of anilines is 2. The fourth-order valence-electron chi connectivity index (χ4n) is 3.78. The third-order valence-electron chi connectivity index (χ3n) is 5.23. The number of rotatable bonds is 5. The molecule has 0 saturated carbocycles. The van der Waals surface area contributed by atoms with Gasteiger partial charge in [0, 0.05) is 54.9 Å². The van der Waals surface area contributed by atoms with Crippen molar-refractivity contribution < 1.29 is 0 Å². The van der Waals surface area contributed by atoms with E-state index in [9.17, 15) is 0 Å². The number of pyridine rings is 2. The summed E-state index contributed by atoms with van der Waals surface area (Å²) in [4.78, 5) is 24.0. The van der Waals surface area contributed by atoms with Gasteiger partial charge in [-0.25, -0.2) is 15.0 Å². The number of nitrogens with one attached hydrogen (secondary N) is 2. The molecule has 7 heteroatoms. The molecule has 5 heterocycles. The lowest BCUT2D eigenvalue weighted by atomic mass is 10.1. The number of nitrogens with zero attached hydrogens (tertiary/aromatic N) is 5. The lowest BCUT2D eigenvalue weighted by molar-refractivity contribution is 0.891. The fourth-order valence-corrected chi connectivity index (χ4v) is 3.78. The Hall–Kier alpha value is -3.48. The molecular formula is C22H23N7. The van der Waals surface area contributed by atoms with Gasteiger partial charge in [0.2, 0.25) is 5.95 Å². The zero-order valence-corrected chi connectivity index (χ0v) is 16.4. The Kier molecular flexibility index (Phi) is 4.56. The standard InChI is InChI=1S/C22H23N7/c1-15-11-19(27-22(26-15)29-9-2-3-10-29)18-12-20(28-21-17(18)6-8-24-21)25-14-16-5-4-7-23-13-16/h4-8,11-13H,2-3,9-10,14H2,1H3,(H2,24,25,28). The maximum atomic E-state index is 4.91. The summed E-state index contributed by atoms with van der Waals surface area (Å²) in [5.74, 6) is 1.63. The first kappa shape index (κ1) is 17.6. The SMILES string of the molecule is Cc1cc(-c2cc(NCc3cccnc3)nc3[nH]ccc23)nc(N2CCCC2)n1. The summed E-state index contributed by atoms with van der Waals surface area (Å²) in [6.07, 6.45) is 7.96. The Labute approximate surface area is 169 Å². The average Bonchev–Trinajstić information content (AvgIpc) is 3.44. The van der Waals surface area contributed by atoms with E-state index in [1.165, 1.54) is 12.8 Å². The molecule has 4 aromatic rings. The topological polar surface area (TPSA) is 82.6 Å². The number of fused-ring (bicyclic) bond motifs is 1. The highest BCUT2D eigenvalue weighted by molar-refractivity contribution is 5.93. The summed E-state index contributed by atoms with van der Waals surface area (Å²) in [5, 5.41) is 4.47. The minimum Gasteiger partial charge on any atom is -0.366 e. The maximum Gasteiger partial charge on any atom is 0.226 e. The van der Waals surface area contributed by atoms with Crippen molar-refractivity contribution in [3.8, 4) is 11.3 Å². The van der Waals surface area contributed by atoms with Crippen molar-refractivity contribution >= 4 is 22.8 Å². The van der Waals surface area contributed by atoms with Gasteiger partial charge in [0.25, 0.3) is 0 Å². The Morgan fingerprint density at radius 3 is 2.83 bits per heavy atom. The van der Waals surface area contributed by atoms with Crippen LogP contribution in [0.25, 0.3) is 22.3 Å². The van der Waals surface area contributed by atoms with E-state index in [-0.39, 0.29) is 0 Å². The molecule has 2 N–H and O–H groups in total. The first-order valence-electron chi connectivity index (χ1n) is 9.98. The highest BCUT2D eigenvalue weighted by atomic mass is 15.3. The van der Waals surface area contributed by atoms with Crippen LogP contribution in [0.15, 0.2) is 48.9 Å². The molecule has 29 heavy (non-hydrogen) atoms. The van der Waals surface area contributed by atoms with Crippen LogP contribution in [0.5, 0.6) is 0 Å². The number of H-pyrrole nitrogens is 1. The van der Waals surface area contributed by atoms with E-state index < -0.39 is 0 Å². The molecule has 4 aromatic heterocycles. The molecule has 1 saturated heterocycles. The molecule has 0 aromatic carbocycles. The fraction of sp³-hybridized carbons (Fsp3) is 0.273. The highest BCUT2D eigenvalue weighted by Crippen LogP contribution is 2.30. The van der Waals surface area contributed by atoms with Crippen LogP contribution < -0.4 is 10.2 Å². The van der Waals surface area contributed by atoms with Gasteiger partial charge in [0.05, 0.1) is 5.69 Å². The van der Waals surface area contributed by atoms with Gasteiger partial charge >= 0.3 is 0 Å². The lowest BCUT2D eigenvalue weighted by Gasteiger charge is -2.17. The van der Waals surface area contributed by atoms with Crippen LogP contribution in [0.4, 0.5) is 11.8 Å². The van der Waals surface area contributed by atoms with E-state index in [4.69, 9.17) is 9.97 Å². The van der Waals surface area contributed by atoms with E-state index in [0.717, 1.165) is 58.4 Å². The van der Waals surface area contributed by atoms with Crippen LogP contribution >= 0.6 is 0 Å². The van der Waals surface area contributed by atoms with Crippen molar-refractivity contribution in [3.05, 3.63) is 60.2 Å². The summed E-state index contributed by atoms with van der Waals surface area (Å²) in [5.41, 5.74) is 4.90. The normalized spacial score (nSPS) is 13.9. The minimum absolute atomic E-state index is 0.661. The van der Waals surface area contributed by atoms with Gasteiger partial charge in [0.15, 0.2) is 0 Å². The van der Waals surface area contributed by atoms with E-state index >= 15 is 0 Å². The molecule has 0 bridgehead atoms. The Morgan fingerprint density at radius 2 is 2.00 bits per heavy atom. The number of aryl methyl sites for hydroxylation is 1. The lowest BCUT2D eigenvalue weighted by Crippen LogP contribution is -2.21. The second-order valence-electron chi connectivity index (χ2n) is 7.40. The van der Waals surface area contributed by atoms with Gasteiger partial charge in [-0.2, -0.15) is 0 Å².